The van der Waals surface area contributed by atoms with E-state index in [1.807, 2.05) is 28.8 Å². The first-order valence-corrected chi connectivity index (χ1v) is 11.2. The fourth-order valence-corrected chi connectivity index (χ4v) is 5.53. The summed E-state index contributed by atoms with van der Waals surface area (Å²) in [6.07, 6.45) is 4.24. The number of hydrogen-bond donors (Lipinski definition) is 0. The van der Waals surface area contributed by atoms with Gasteiger partial charge in [0, 0.05) is 18.8 Å². The van der Waals surface area contributed by atoms with Crippen LogP contribution < -0.4 is 0 Å². The normalized spacial score (nSPS) is 19.3. The van der Waals surface area contributed by atoms with E-state index in [1.165, 1.54) is 11.8 Å². The van der Waals surface area contributed by atoms with Crippen LogP contribution in [0, 0.1) is 0 Å². The summed E-state index contributed by atoms with van der Waals surface area (Å²) >= 11 is 1.33. The molecule has 2 aromatic heterocycles. The molecule has 1 aliphatic heterocycles. The third-order valence-electron chi connectivity index (χ3n) is 4.33. The van der Waals surface area contributed by atoms with Gasteiger partial charge in [0.2, 0.25) is 5.91 Å². The van der Waals surface area contributed by atoms with Gasteiger partial charge in [0.1, 0.15) is 0 Å². The Kier molecular flexibility index (Phi) is 5.63. The molecule has 0 radical (unpaired) electrons. The van der Waals surface area contributed by atoms with Crippen molar-refractivity contribution in [2.75, 3.05) is 23.8 Å². The van der Waals surface area contributed by atoms with Gasteiger partial charge in [0.25, 0.3) is 0 Å². The van der Waals surface area contributed by atoms with E-state index >= 15 is 0 Å². The van der Waals surface area contributed by atoms with Crippen molar-refractivity contribution < 1.29 is 13.2 Å². The number of unbranched alkanes of at least 4 members (excludes halogenated alkanes) is 1. The zero-order valence-corrected chi connectivity index (χ0v) is 15.8. The van der Waals surface area contributed by atoms with Crippen molar-refractivity contribution in [3.05, 3.63) is 24.4 Å². The molecule has 1 aliphatic rings. The van der Waals surface area contributed by atoms with E-state index in [-0.39, 0.29) is 29.2 Å². The van der Waals surface area contributed by atoms with Crippen LogP contribution in [0.3, 0.4) is 0 Å². The zero-order valence-electron chi connectivity index (χ0n) is 14.2. The summed E-state index contributed by atoms with van der Waals surface area (Å²) < 4.78 is 25.4. The summed E-state index contributed by atoms with van der Waals surface area (Å²) in [4.78, 5) is 14.5. The van der Waals surface area contributed by atoms with E-state index in [1.54, 1.807) is 4.90 Å². The number of aromatic nitrogens is 3. The number of carbonyl (C=O) groups excluding carboxylic acids is 1. The van der Waals surface area contributed by atoms with E-state index in [0.717, 1.165) is 18.5 Å². The van der Waals surface area contributed by atoms with Crippen LogP contribution in [0.25, 0.3) is 5.65 Å². The number of fused-ring (bicyclic) bond motifs is 1. The Morgan fingerprint density at radius 2 is 2.24 bits per heavy atom. The molecular weight excluding hydrogens is 360 g/mol. The van der Waals surface area contributed by atoms with Crippen LogP contribution >= 0.6 is 11.8 Å². The highest BCUT2D eigenvalue weighted by molar-refractivity contribution is 7.99. The van der Waals surface area contributed by atoms with Gasteiger partial charge in [0.15, 0.2) is 20.6 Å². The smallest absolute Gasteiger partial charge is 0.233 e. The van der Waals surface area contributed by atoms with Crippen molar-refractivity contribution >= 4 is 33.2 Å². The van der Waals surface area contributed by atoms with Gasteiger partial charge in [-0.25, -0.2) is 8.42 Å². The molecule has 0 unspecified atom stereocenters. The average molecular weight is 383 g/mol. The van der Waals surface area contributed by atoms with E-state index in [9.17, 15) is 13.2 Å². The predicted molar refractivity (Wildman–Crippen MR) is 97.4 cm³/mol. The largest absolute Gasteiger partial charge is 0.338 e. The van der Waals surface area contributed by atoms with E-state index in [0.29, 0.717) is 18.1 Å². The molecule has 0 bridgehead atoms. The first-order valence-electron chi connectivity index (χ1n) is 8.42. The molecule has 0 N–H and O–H groups in total. The Labute approximate surface area is 151 Å². The van der Waals surface area contributed by atoms with Gasteiger partial charge in [-0.15, -0.1) is 10.2 Å². The van der Waals surface area contributed by atoms with Crippen molar-refractivity contribution in [3.8, 4) is 0 Å². The number of thioether (sulfide) groups is 1. The van der Waals surface area contributed by atoms with Crippen LogP contribution in [-0.2, 0) is 14.6 Å². The average Bonchev–Trinajstić information content (AvgIpc) is 3.16. The molecule has 0 spiro atoms. The van der Waals surface area contributed by atoms with Gasteiger partial charge in [0.05, 0.1) is 17.3 Å². The summed E-state index contributed by atoms with van der Waals surface area (Å²) in [5, 5.41) is 8.86. The van der Waals surface area contributed by atoms with Crippen LogP contribution in [0.15, 0.2) is 29.6 Å². The summed E-state index contributed by atoms with van der Waals surface area (Å²) in [7, 11) is -3.01. The lowest BCUT2D eigenvalue weighted by atomic mass is 10.2. The summed E-state index contributed by atoms with van der Waals surface area (Å²) in [5.41, 5.74) is 0.738. The third-order valence-corrected chi connectivity index (χ3v) is 7.01. The monoisotopic (exact) mass is 382 g/mol. The molecule has 1 amide bonds. The lowest BCUT2D eigenvalue weighted by molar-refractivity contribution is -0.130. The lowest BCUT2D eigenvalue weighted by Gasteiger charge is -2.28. The zero-order chi connectivity index (χ0) is 17.9. The van der Waals surface area contributed by atoms with Gasteiger partial charge in [-0.05, 0) is 25.0 Å². The fourth-order valence-electron chi connectivity index (χ4n) is 2.99. The van der Waals surface area contributed by atoms with Crippen LogP contribution in [0.4, 0.5) is 0 Å². The molecule has 3 heterocycles. The molecule has 3 rings (SSSR count). The number of amides is 1. The number of sulfone groups is 1. The minimum absolute atomic E-state index is 0.0340. The van der Waals surface area contributed by atoms with Gasteiger partial charge < -0.3 is 4.90 Å². The number of pyridine rings is 1. The number of carbonyl (C=O) groups is 1. The van der Waals surface area contributed by atoms with Crippen LogP contribution in [0.5, 0.6) is 0 Å². The molecule has 1 atom stereocenters. The summed E-state index contributed by atoms with van der Waals surface area (Å²) in [5.74, 6) is 0.458. The molecule has 136 valence electrons. The molecule has 7 nitrogen and oxygen atoms in total. The summed E-state index contributed by atoms with van der Waals surface area (Å²) in [6.45, 7) is 2.67. The Balaban J connectivity index is 1.67. The second-order valence-electron chi connectivity index (χ2n) is 6.20. The van der Waals surface area contributed by atoms with Gasteiger partial charge in [-0.2, -0.15) is 0 Å². The second-order valence-corrected chi connectivity index (χ2v) is 9.37. The number of nitrogens with zero attached hydrogens (tertiary/aromatic N) is 4. The maximum absolute atomic E-state index is 12.7. The lowest BCUT2D eigenvalue weighted by Crippen LogP contribution is -2.42. The van der Waals surface area contributed by atoms with Crippen molar-refractivity contribution in [2.24, 2.45) is 0 Å². The maximum Gasteiger partial charge on any atom is 0.233 e. The quantitative estimate of drug-likeness (QED) is 0.677. The van der Waals surface area contributed by atoms with Crippen LogP contribution in [0.2, 0.25) is 0 Å². The molecule has 0 aliphatic carbocycles. The van der Waals surface area contributed by atoms with E-state index in [2.05, 4.69) is 17.1 Å². The number of hydrogen-bond acceptors (Lipinski definition) is 6. The minimum atomic E-state index is -3.01. The Morgan fingerprint density at radius 1 is 1.40 bits per heavy atom. The van der Waals surface area contributed by atoms with Crippen molar-refractivity contribution in [1.29, 1.82) is 0 Å². The van der Waals surface area contributed by atoms with Gasteiger partial charge in [-0.3, -0.25) is 9.20 Å². The minimum Gasteiger partial charge on any atom is -0.338 e. The molecular formula is C16H22N4O3S2. The Morgan fingerprint density at radius 3 is 2.96 bits per heavy atom. The molecule has 2 aromatic rings. The Bertz CT molecular complexity index is 850. The third kappa shape index (κ3) is 4.33. The maximum atomic E-state index is 12.7. The fraction of sp³-hybridized carbons (Fsp3) is 0.562. The Hall–Kier alpha value is -1.61. The SMILES string of the molecule is CCCCN(C(=O)CSc1nnc2ccccn12)[C@H]1CCS(=O)(=O)C1. The highest BCUT2D eigenvalue weighted by Crippen LogP contribution is 2.22. The van der Waals surface area contributed by atoms with Crippen molar-refractivity contribution in [2.45, 2.75) is 37.4 Å². The van der Waals surface area contributed by atoms with Crippen LogP contribution in [0.1, 0.15) is 26.2 Å². The highest BCUT2D eigenvalue weighted by Gasteiger charge is 2.34. The summed E-state index contributed by atoms with van der Waals surface area (Å²) in [6, 6.07) is 5.44. The van der Waals surface area contributed by atoms with E-state index in [4.69, 9.17) is 0 Å². The molecule has 1 saturated heterocycles. The molecule has 9 heteroatoms. The first kappa shape index (κ1) is 18.2. The second kappa shape index (κ2) is 7.74. The van der Waals surface area contributed by atoms with E-state index < -0.39 is 9.84 Å². The molecule has 1 fully saturated rings. The predicted octanol–water partition coefficient (Wildman–Crippen LogP) is 1.64. The van der Waals surface area contributed by atoms with Crippen molar-refractivity contribution in [1.82, 2.24) is 19.5 Å². The van der Waals surface area contributed by atoms with Crippen molar-refractivity contribution in [3.63, 3.8) is 0 Å². The highest BCUT2D eigenvalue weighted by atomic mass is 32.2. The van der Waals surface area contributed by atoms with Gasteiger partial charge in [-0.1, -0.05) is 31.2 Å². The van der Waals surface area contributed by atoms with Gasteiger partial charge >= 0.3 is 0 Å². The first-order chi connectivity index (χ1) is 12.0. The molecule has 25 heavy (non-hydrogen) atoms. The molecule has 0 aromatic carbocycles. The van der Waals surface area contributed by atoms with Crippen LogP contribution in [-0.4, -0.2) is 63.7 Å². The molecule has 0 saturated carbocycles. The topological polar surface area (TPSA) is 84.6 Å². The standard InChI is InChI=1S/C16H22N4O3S2/c1-2-3-8-19(13-7-10-25(22,23)12-13)15(21)11-24-16-18-17-14-6-4-5-9-20(14)16/h4-6,9,13H,2-3,7-8,10-12H2,1H3/t13-/m0/s1. The number of rotatable bonds is 7.